The normalized spacial score (nSPS) is 12.2. The average molecular weight is 304 g/mol. The van der Waals surface area contributed by atoms with Gasteiger partial charge in [-0.15, -0.1) is 0 Å². The lowest BCUT2D eigenvalue weighted by Gasteiger charge is -2.22. The van der Waals surface area contributed by atoms with E-state index in [4.69, 9.17) is 16.3 Å². The van der Waals surface area contributed by atoms with Crippen LogP contribution in [0.15, 0.2) is 36.4 Å². The van der Waals surface area contributed by atoms with E-state index in [1.54, 1.807) is 7.11 Å². The molecule has 0 bridgehead atoms. The Morgan fingerprint density at radius 3 is 2.57 bits per heavy atom. The summed E-state index contributed by atoms with van der Waals surface area (Å²) in [5, 5.41) is 4.16. The molecule has 2 aromatic rings. The van der Waals surface area contributed by atoms with E-state index in [0.29, 0.717) is 0 Å². The van der Waals surface area contributed by atoms with Gasteiger partial charge in [-0.1, -0.05) is 35.9 Å². The molecule has 0 spiro atoms. The van der Waals surface area contributed by atoms with Gasteiger partial charge in [-0.05, 0) is 56.1 Å². The molecule has 2 rings (SSSR count). The molecule has 112 valence electrons. The number of halogens is 1. The summed E-state index contributed by atoms with van der Waals surface area (Å²) in [5.41, 5.74) is 4.83. The summed E-state index contributed by atoms with van der Waals surface area (Å²) < 4.78 is 5.64. The summed E-state index contributed by atoms with van der Waals surface area (Å²) in [7, 11) is 3.71. The lowest BCUT2D eigenvalue weighted by atomic mass is 9.94. The lowest BCUT2D eigenvalue weighted by molar-refractivity contribution is 0.397. The maximum absolute atomic E-state index is 6.08. The molecule has 3 heteroatoms. The topological polar surface area (TPSA) is 21.3 Å². The van der Waals surface area contributed by atoms with Crippen LogP contribution in [0, 0.1) is 13.8 Å². The van der Waals surface area contributed by atoms with Crippen molar-refractivity contribution in [3.8, 4) is 5.75 Å². The first-order valence-electron chi connectivity index (χ1n) is 7.12. The van der Waals surface area contributed by atoms with E-state index in [-0.39, 0.29) is 6.04 Å². The van der Waals surface area contributed by atoms with Gasteiger partial charge in [0.25, 0.3) is 0 Å². The van der Waals surface area contributed by atoms with Gasteiger partial charge in [-0.2, -0.15) is 0 Å². The highest BCUT2D eigenvalue weighted by Gasteiger charge is 2.17. The fourth-order valence-electron chi connectivity index (χ4n) is 2.62. The Balaban J connectivity index is 2.36. The molecular formula is C18H22ClNO. The molecule has 0 aliphatic rings. The quantitative estimate of drug-likeness (QED) is 0.880. The van der Waals surface area contributed by atoms with E-state index < -0.39 is 0 Å². The Kier molecular flexibility index (Phi) is 5.27. The van der Waals surface area contributed by atoms with Crippen LogP contribution in [0.1, 0.15) is 28.3 Å². The molecule has 1 atom stereocenters. The second-order valence-electron chi connectivity index (χ2n) is 5.31. The van der Waals surface area contributed by atoms with Gasteiger partial charge in [0.2, 0.25) is 0 Å². The molecule has 0 fully saturated rings. The van der Waals surface area contributed by atoms with Crippen LogP contribution in [-0.2, 0) is 6.42 Å². The first-order valence-corrected chi connectivity index (χ1v) is 7.50. The van der Waals surface area contributed by atoms with Crippen molar-refractivity contribution in [2.75, 3.05) is 14.2 Å². The van der Waals surface area contributed by atoms with Crippen LogP contribution in [-0.4, -0.2) is 14.2 Å². The van der Waals surface area contributed by atoms with Crippen molar-refractivity contribution in [2.24, 2.45) is 0 Å². The third-order valence-electron chi connectivity index (χ3n) is 3.96. The van der Waals surface area contributed by atoms with Crippen LogP contribution in [0.25, 0.3) is 0 Å². The maximum atomic E-state index is 6.08. The van der Waals surface area contributed by atoms with Crippen LogP contribution in [0.5, 0.6) is 5.75 Å². The molecule has 2 nitrogen and oxygen atoms in total. The minimum Gasteiger partial charge on any atom is -0.496 e. The summed E-state index contributed by atoms with van der Waals surface area (Å²) in [4.78, 5) is 0. The van der Waals surface area contributed by atoms with Crippen LogP contribution >= 0.6 is 11.6 Å². The number of likely N-dealkylation sites (N-methyl/N-ethyl adjacent to an activating group) is 1. The van der Waals surface area contributed by atoms with Gasteiger partial charge in [0.15, 0.2) is 0 Å². The zero-order chi connectivity index (χ0) is 15.4. The van der Waals surface area contributed by atoms with E-state index in [1.165, 1.54) is 22.3 Å². The Bertz CT molecular complexity index is 625. The zero-order valence-corrected chi connectivity index (χ0v) is 13.8. The molecule has 0 radical (unpaired) electrons. The predicted octanol–water partition coefficient (Wildman–Crippen LogP) is 4.47. The van der Waals surface area contributed by atoms with Crippen LogP contribution in [0.3, 0.4) is 0 Å². The summed E-state index contributed by atoms with van der Waals surface area (Å²) in [6, 6.07) is 12.5. The van der Waals surface area contributed by atoms with Crippen LogP contribution in [0.2, 0.25) is 5.02 Å². The largest absolute Gasteiger partial charge is 0.496 e. The second-order valence-corrected chi connectivity index (χ2v) is 5.74. The Labute approximate surface area is 132 Å². The minimum absolute atomic E-state index is 0.192. The van der Waals surface area contributed by atoms with Crippen molar-refractivity contribution in [1.29, 1.82) is 0 Å². The van der Waals surface area contributed by atoms with Crippen molar-refractivity contribution in [1.82, 2.24) is 5.32 Å². The number of rotatable bonds is 5. The SMILES string of the molecule is CNC(Cc1cccc(Cl)c1)c1ccc(C)c(C)c1OC. The number of hydrogen-bond donors (Lipinski definition) is 1. The molecule has 0 aliphatic heterocycles. The van der Waals surface area contributed by atoms with Crippen molar-refractivity contribution >= 4 is 11.6 Å². The van der Waals surface area contributed by atoms with E-state index in [2.05, 4.69) is 37.4 Å². The van der Waals surface area contributed by atoms with Crippen molar-refractivity contribution in [2.45, 2.75) is 26.3 Å². The highest BCUT2D eigenvalue weighted by molar-refractivity contribution is 6.30. The Morgan fingerprint density at radius 1 is 1.19 bits per heavy atom. The first-order chi connectivity index (χ1) is 10.1. The summed E-state index contributed by atoms with van der Waals surface area (Å²) >= 11 is 6.08. The van der Waals surface area contributed by atoms with Gasteiger partial charge in [0, 0.05) is 16.6 Å². The number of aryl methyl sites for hydroxylation is 1. The average Bonchev–Trinajstić information content (AvgIpc) is 2.48. The van der Waals surface area contributed by atoms with Gasteiger partial charge >= 0.3 is 0 Å². The Morgan fingerprint density at radius 2 is 1.95 bits per heavy atom. The van der Waals surface area contributed by atoms with E-state index in [9.17, 15) is 0 Å². The van der Waals surface area contributed by atoms with Crippen molar-refractivity contribution in [3.05, 3.63) is 63.7 Å². The van der Waals surface area contributed by atoms with Crippen molar-refractivity contribution < 1.29 is 4.74 Å². The summed E-state index contributed by atoms with van der Waals surface area (Å²) in [5.74, 6) is 0.969. The summed E-state index contributed by atoms with van der Waals surface area (Å²) in [6.45, 7) is 4.21. The number of methoxy groups -OCH3 is 1. The lowest BCUT2D eigenvalue weighted by Crippen LogP contribution is -2.20. The smallest absolute Gasteiger partial charge is 0.126 e. The molecule has 0 aromatic heterocycles. The fourth-order valence-corrected chi connectivity index (χ4v) is 2.84. The molecule has 0 heterocycles. The number of hydrogen-bond acceptors (Lipinski definition) is 2. The summed E-state index contributed by atoms with van der Waals surface area (Å²) in [6.07, 6.45) is 0.871. The van der Waals surface area contributed by atoms with E-state index in [0.717, 1.165) is 17.2 Å². The third kappa shape index (κ3) is 3.58. The minimum atomic E-state index is 0.192. The molecule has 0 amide bonds. The highest BCUT2D eigenvalue weighted by atomic mass is 35.5. The monoisotopic (exact) mass is 303 g/mol. The van der Waals surface area contributed by atoms with Gasteiger partial charge in [0.1, 0.15) is 5.75 Å². The molecule has 0 aliphatic carbocycles. The van der Waals surface area contributed by atoms with Gasteiger partial charge in [0.05, 0.1) is 7.11 Å². The second kappa shape index (κ2) is 6.97. The molecule has 1 N–H and O–H groups in total. The maximum Gasteiger partial charge on any atom is 0.126 e. The Hall–Kier alpha value is -1.51. The first kappa shape index (κ1) is 15.9. The molecule has 0 saturated carbocycles. The van der Waals surface area contributed by atoms with Gasteiger partial charge in [-0.3, -0.25) is 0 Å². The molecule has 0 saturated heterocycles. The molecule has 2 aromatic carbocycles. The zero-order valence-electron chi connectivity index (χ0n) is 13.0. The molecule has 1 unspecified atom stereocenters. The standard InChI is InChI=1S/C18H22ClNO/c1-12-8-9-16(18(21-4)13(12)2)17(20-3)11-14-6-5-7-15(19)10-14/h5-10,17,20H,11H2,1-4H3. The fraction of sp³-hybridized carbons (Fsp3) is 0.333. The predicted molar refractivity (Wildman–Crippen MR) is 89.4 cm³/mol. The number of nitrogens with one attached hydrogen (secondary N) is 1. The van der Waals surface area contributed by atoms with Crippen LogP contribution < -0.4 is 10.1 Å². The molecular weight excluding hydrogens is 282 g/mol. The van der Waals surface area contributed by atoms with Crippen LogP contribution in [0.4, 0.5) is 0 Å². The number of ether oxygens (including phenoxy) is 1. The molecule has 21 heavy (non-hydrogen) atoms. The van der Waals surface area contributed by atoms with E-state index in [1.807, 2.05) is 25.2 Å². The van der Waals surface area contributed by atoms with Gasteiger partial charge < -0.3 is 10.1 Å². The third-order valence-corrected chi connectivity index (χ3v) is 4.20. The number of benzene rings is 2. The highest BCUT2D eigenvalue weighted by Crippen LogP contribution is 2.32. The van der Waals surface area contributed by atoms with E-state index >= 15 is 0 Å². The van der Waals surface area contributed by atoms with Gasteiger partial charge in [-0.25, -0.2) is 0 Å². The van der Waals surface area contributed by atoms with Crippen molar-refractivity contribution in [3.63, 3.8) is 0 Å².